The van der Waals surface area contributed by atoms with Crippen molar-refractivity contribution < 1.29 is 0 Å². The topological polar surface area (TPSA) is 50.2 Å². The SMILES string of the molecule is CN(CC1CCCN1)c1c(Br)cnn(CC2CCC2)c1=O. The zero-order valence-corrected chi connectivity index (χ0v) is 14.1. The molecule has 1 saturated carbocycles. The molecule has 21 heavy (non-hydrogen) atoms. The second kappa shape index (κ2) is 6.48. The lowest BCUT2D eigenvalue weighted by atomic mass is 9.85. The lowest BCUT2D eigenvalue weighted by Gasteiger charge is -2.27. The van der Waals surface area contributed by atoms with Gasteiger partial charge in [-0.2, -0.15) is 5.10 Å². The maximum Gasteiger partial charge on any atom is 0.291 e. The average Bonchev–Trinajstić information content (AvgIpc) is 2.88. The Balaban J connectivity index is 1.78. The molecule has 1 aromatic rings. The minimum atomic E-state index is 0.0248. The first kappa shape index (κ1) is 15.0. The monoisotopic (exact) mass is 354 g/mol. The summed E-state index contributed by atoms with van der Waals surface area (Å²) in [5.41, 5.74) is 0.759. The quantitative estimate of drug-likeness (QED) is 0.878. The molecule has 1 saturated heterocycles. The van der Waals surface area contributed by atoms with Gasteiger partial charge in [0.1, 0.15) is 5.69 Å². The molecule has 1 unspecified atom stereocenters. The van der Waals surface area contributed by atoms with Crippen molar-refractivity contribution in [2.45, 2.75) is 44.7 Å². The van der Waals surface area contributed by atoms with Crippen molar-refractivity contribution in [1.29, 1.82) is 0 Å². The molecular weight excluding hydrogens is 332 g/mol. The van der Waals surface area contributed by atoms with Gasteiger partial charge in [0.15, 0.2) is 0 Å². The highest BCUT2D eigenvalue weighted by atomic mass is 79.9. The van der Waals surface area contributed by atoms with Crippen LogP contribution in [-0.4, -0.2) is 36.0 Å². The number of aromatic nitrogens is 2. The average molecular weight is 355 g/mol. The zero-order valence-electron chi connectivity index (χ0n) is 12.5. The number of halogens is 1. The third kappa shape index (κ3) is 3.31. The van der Waals surface area contributed by atoms with E-state index in [0.29, 0.717) is 12.0 Å². The van der Waals surface area contributed by atoms with E-state index in [0.717, 1.165) is 29.8 Å². The summed E-state index contributed by atoms with van der Waals surface area (Å²) in [6.07, 6.45) is 7.90. The van der Waals surface area contributed by atoms with Crippen molar-refractivity contribution in [3.05, 3.63) is 21.0 Å². The smallest absolute Gasteiger partial charge is 0.291 e. The molecule has 0 radical (unpaired) electrons. The summed E-state index contributed by atoms with van der Waals surface area (Å²) in [5.74, 6) is 0.631. The van der Waals surface area contributed by atoms with Crippen LogP contribution in [0.3, 0.4) is 0 Å². The fraction of sp³-hybridized carbons (Fsp3) is 0.733. The molecule has 3 rings (SSSR count). The predicted octanol–water partition coefficient (Wildman–Crippen LogP) is 1.99. The van der Waals surface area contributed by atoms with Crippen LogP contribution in [0.2, 0.25) is 0 Å². The number of hydrogen-bond donors (Lipinski definition) is 1. The van der Waals surface area contributed by atoms with E-state index in [2.05, 4.69) is 31.2 Å². The van der Waals surface area contributed by atoms with Crippen LogP contribution in [0.25, 0.3) is 0 Å². The number of anilines is 1. The number of hydrogen-bond acceptors (Lipinski definition) is 4. The van der Waals surface area contributed by atoms with Gasteiger partial charge in [-0.15, -0.1) is 0 Å². The van der Waals surface area contributed by atoms with Crippen molar-refractivity contribution in [2.24, 2.45) is 5.92 Å². The van der Waals surface area contributed by atoms with Crippen LogP contribution in [0, 0.1) is 5.92 Å². The van der Waals surface area contributed by atoms with Crippen molar-refractivity contribution in [3.8, 4) is 0 Å². The van der Waals surface area contributed by atoms with E-state index < -0.39 is 0 Å². The molecule has 2 fully saturated rings. The van der Waals surface area contributed by atoms with Gasteiger partial charge in [0.05, 0.1) is 10.7 Å². The summed E-state index contributed by atoms with van der Waals surface area (Å²) < 4.78 is 2.43. The first-order chi connectivity index (χ1) is 10.1. The van der Waals surface area contributed by atoms with E-state index in [4.69, 9.17) is 0 Å². The van der Waals surface area contributed by atoms with Crippen LogP contribution in [0.5, 0.6) is 0 Å². The lowest BCUT2D eigenvalue weighted by molar-refractivity contribution is 0.261. The molecule has 116 valence electrons. The number of nitrogens with one attached hydrogen (secondary N) is 1. The molecule has 1 atom stereocenters. The van der Waals surface area contributed by atoms with E-state index in [9.17, 15) is 4.79 Å². The number of rotatable bonds is 5. The van der Waals surface area contributed by atoms with Crippen molar-refractivity contribution >= 4 is 21.6 Å². The Kier molecular flexibility index (Phi) is 4.64. The molecule has 6 heteroatoms. The van der Waals surface area contributed by atoms with E-state index in [1.807, 2.05) is 7.05 Å². The van der Waals surface area contributed by atoms with Gasteiger partial charge in [-0.05, 0) is 54.1 Å². The van der Waals surface area contributed by atoms with Crippen molar-refractivity contribution in [1.82, 2.24) is 15.1 Å². The summed E-state index contributed by atoms with van der Waals surface area (Å²) in [6, 6.07) is 0.481. The van der Waals surface area contributed by atoms with Gasteiger partial charge in [-0.1, -0.05) is 6.42 Å². The normalized spacial score (nSPS) is 22.3. The van der Waals surface area contributed by atoms with Crippen LogP contribution < -0.4 is 15.8 Å². The molecule has 1 N–H and O–H groups in total. The first-order valence-corrected chi connectivity index (χ1v) is 8.64. The molecule has 2 aliphatic rings. The Bertz CT molecular complexity index is 549. The molecule has 0 spiro atoms. The lowest BCUT2D eigenvalue weighted by Crippen LogP contribution is -2.40. The van der Waals surface area contributed by atoms with Crippen LogP contribution >= 0.6 is 15.9 Å². The Morgan fingerprint density at radius 2 is 2.24 bits per heavy atom. The zero-order chi connectivity index (χ0) is 14.8. The highest BCUT2D eigenvalue weighted by Gasteiger charge is 2.23. The second-order valence-electron chi connectivity index (χ2n) is 6.30. The summed E-state index contributed by atoms with van der Waals surface area (Å²) >= 11 is 3.49. The molecule has 1 aliphatic carbocycles. The molecule has 5 nitrogen and oxygen atoms in total. The first-order valence-electron chi connectivity index (χ1n) is 7.85. The summed E-state index contributed by atoms with van der Waals surface area (Å²) in [5, 5.41) is 7.77. The third-order valence-electron chi connectivity index (χ3n) is 4.67. The van der Waals surface area contributed by atoms with Gasteiger partial charge in [-0.25, -0.2) is 4.68 Å². The molecule has 1 aromatic heterocycles. The summed E-state index contributed by atoms with van der Waals surface area (Å²) in [6.45, 7) is 2.71. The largest absolute Gasteiger partial charge is 0.368 e. The van der Waals surface area contributed by atoms with Gasteiger partial charge in [0, 0.05) is 26.2 Å². The molecule has 0 bridgehead atoms. The standard InChI is InChI=1S/C15H23BrN4O/c1-19(10-12-6-3-7-17-12)14-13(16)8-18-20(15(14)21)9-11-4-2-5-11/h8,11-12,17H,2-7,9-10H2,1H3. The molecular formula is C15H23BrN4O. The summed E-state index contributed by atoms with van der Waals surface area (Å²) in [7, 11) is 2.00. The van der Waals surface area contributed by atoms with E-state index in [1.165, 1.54) is 32.1 Å². The number of nitrogens with zero attached hydrogens (tertiary/aromatic N) is 3. The minimum Gasteiger partial charge on any atom is -0.368 e. The Morgan fingerprint density at radius 1 is 1.43 bits per heavy atom. The molecule has 0 aromatic carbocycles. The Labute approximate surface area is 133 Å². The highest BCUT2D eigenvalue weighted by molar-refractivity contribution is 9.10. The molecule has 0 amide bonds. The third-order valence-corrected chi connectivity index (χ3v) is 5.25. The fourth-order valence-electron chi connectivity index (χ4n) is 3.19. The maximum atomic E-state index is 12.7. The fourth-order valence-corrected chi connectivity index (χ4v) is 3.75. The minimum absolute atomic E-state index is 0.0248. The molecule has 2 heterocycles. The number of likely N-dealkylation sites (N-methyl/N-ethyl adjacent to an activating group) is 1. The maximum absolute atomic E-state index is 12.7. The van der Waals surface area contributed by atoms with E-state index in [-0.39, 0.29) is 5.56 Å². The van der Waals surface area contributed by atoms with Crippen LogP contribution in [0.15, 0.2) is 15.5 Å². The Morgan fingerprint density at radius 3 is 2.86 bits per heavy atom. The van der Waals surface area contributed by atoms with Crippen molar-refractivity contribution in [3.63, 3.8) is 0 Å². The van der Waals surface area contributed by atoms with Gasteiger partial charge in [-0.3, -0.25) is 4.79 Å². The predicted molar refractivity (Wildman–Crippen MR) is 87.8 cm³/mol. The van der Waals surface area contributed by atoms with Gasteiger partial charge in [0.25, 0.3) is 5.56 Å². The second-order valence-corrected chi connectivity index (χ2v) is 7.15. The van der Waals surface area contributed by atoms with E-state index >= 15 is 0 Å². The highest BCUT2D eigenvalue weighted by Crippen LogP contribution is 2.28. The summed E-state index contributed by atoms with van der Waals surface area (Å²) in [4.78, 5) is 14.8. The molecule has 1 aliphatic heterocycles. The van der Waals surface area contributed by atoms with Crippen molar-refractivity contribution in [2.75, 3.05) is 25.0 Å². The van der Waals surface area contributed by atoms with Crippen LogP contribution in [-0.2, 0) is 6.54 Å². The van der Waals surface area contributed by atoms with Gasteiger partial charge in [0.2, 0.25) is 0 Å². The van der Waals surface area contributed by atoms with E-state index in [1.54, 1.807) is 10.9 Å². The Hall–Kier alpha value is -0.880. The van der Waals surface area contributed by atoms with Crippen LogP contribution in [0.4, 0.5) is 5.69 Å². The van der Waals surface area contributed by atoms with Crippen LogP contribution in [0.1, 0.15) is 32.1 Å². The van der Waals surface area contributed by atoms with Gasteiger partial charge < -0.3 is 10.2 Å². The van der Waals surface area contributed by atoms with Gasteiger partial charge >= 0.3 is 0 Å².